The molecule has 2 saturated carbocycles. The lowest BCUT2D eigenvalue weighted by atomic mass is 9.50. The fourth-order valence-corrected chi connectivity index (χ4v) is 11.3. The minimum Gasteiger partial charge on any atom is -0.396 e. The Morgan fingerprint density at radius 1 is 0.953 bits per heavy atom. The zero-order valence-corrected chi connectivity index (χ0v) is 36.6. The topological polar surface area (TPSA) is 174 Å². The maximum absolute atomic E-state index is 13.2. The highest BCUT2D eigenvalue weighted by atomic mass is 32.1. The summed E-state index contributed by atoms with van der Waals surface area (Å²) in [6.07, 6.45) is 4.05. The van der Waals surface area contributed by atoms with Crippen LogP contribution in [0.15, 0.2) is 48.5 Å². The number of aromatic nitrogens is 2. The van der Waals surface area contributed by atoms with Crippen molar-refractivity contribution in [2.24, 2.45) is 11.3 Å². The van der Waals surface area contributed by atoms with Crippen LogP contribution < -0.4 is 16.0 Å². The molecule has 4 radical (unpaired) electrons. The number of amides is 5. The molecule has 4 fully saturated rings. The number of aliphatic hydroxyl groups is 1. The van der Waals surface area contributed by atoms with Gasteiger partial charge in [-0.05, 0) is 112 Å². The number of pyridine rings is 1. The molecule has 5 heterocycles. The van der Waals surface area contributed by atoms with Crippen LogP contribution in [0.3, 0.4) is 0 Å². The molecule has 3 aliphatic heterocycles. The van der Waals surface area contributed by atoms with E-state index in [1.54, 1.807) is 55.5 Å². The number of nitrogens with one attached hydrogen (secondary N) is 3. The number of hydrogen-bond acceptors (Lipinski definition) is 11. The van der Waals surface area contributed by atoms with Gasteiger partial charge in [-0.25, -0.2) is 9.97 Å². The van der Waals surface area contributed by atoms with Gasteiger partial charge in [0.1, 0.15) is 17.4 Å². The molecule has 1 spiro atoms. The van der Waals surface area contributed by atoms with Crippen molar-refractivity contribution >= 4 is 78.2 Å². The normalized spacial score (nSPS) is 20.6. The predicted octanol–water partition coefficient (Wildman–Crippen LogP) is 6.46. The second-order valence-electron chi connectivity index (χ2n) is 18.7. The molecule has 1 unspecified atom stereocenters. The van der Waals surface area contributed by atoms with E-state index in [9.17, 15) is 42.3 Å². The first-order valence-electron chi connectivity index (χ1n) is 21.5. The number of anilines is 2. The quantitative estimate of drug-likeness (QED) is 0.108. The number of alkyl halides is 3. The second kappa shape index (κ2) is 17.0. The third kappa shape index (κ3) is 9.34. The number of benzene rings is 2. The molecule has 4 N–H and O–H groups in total. The average molecular weight is 894 g/mol. The van der Waals surface area contributed by atoms with Gasteiger partial charge < -0.3 is 20.6 Å². The van der Waals surface area contributed by atoms with Crippen LogP contribution in [0, 0.1) is 11.3 Å². The zero-order valence-electron chi connectivity index (χ0n) is 35.8. The smallest absolute Gasteiger partial charge is 0.396 e. The van der Waals surface area contributed by atoms with Gasteiger partial charge in [-0.15, -0.1) is 11.3 Å². The van der Waals surface area contributed by atoms with Gasteiger partial charge in [0.25, 0.3) is 17.7 Å². The number of thiazole rings is 1. The summed E-state index contributed by atoms with van der Waals surface area (Å²) in [5.74, 6) is -2.15. The Morgan fingerprint density at radius 3 is 2.31 bits per heavy atom. The number of piperidine rings is 1. The lowest BCUT2D eigenvalue weighted by molar-refractivity contribution is -0.141. The number of hydrogen-bond donors (Lipinski definition) is 4. The first-order chi connectivity index (χ1) is 30.1. The van der Waals surface area contributed by atoms with Crippen molar-refractivity contribution in [3.05, 3.63) is 81.6 Å². The average Bonchev–Trinajstić information content (AvgIpc) is 3.73. The zero-order chi connectivity index (χ0) is 45.9. The molecule has 2 aromatic heterocycles. The van der Waals surface area contributed by atoms with Crippen LogP contribution >= 0.6 is 11.3 Å². The van der Waals surface area contributed by atoms with Gasteiger partial charge in [0.05, 0.1) is 47.6 Å². The molecule has 2 aliphatic carbocycles. The number of halogens is 3. The van der Waals surface area contributed by atoms with E-state index in [4.69, 9.17) is 20.7 Å². The third-order valence-corrected chi connectivity index (χ3v) is 14.0. The van der Waals surface area contributed by atoms with E-state index >= 15 is 0 Å². The summed E-state index contributed by atoms with van der Waals surface area (Å²) in [6.45, 7) is 5.39. The molecular weight excluding hydrogens is 845 g/mol. The lowest BCUT2D eigenvalue weighted by Crippen LogP contribution is -2.61. The monoisotopic (exact) mass is 893 g/mol. The summed E-state index contributed by atoms with van der Waals surface area (Å²) >= 11 is 1.56. The van der Waals surface area contributed by atoms with Gasteiger partial charge in [0.2, 0.25) is 11.8 Å². The Bertz CT molecular complexity index is 2530. The number of rotatable bonds is 9. The molecule has 2 aromatic carbocycles. The van der Waals surface area contributed by atoms with Gasteiger partial charge in [0.15, 0.2) is 0 Å². The SMILES string of the molecule is CC(C)(O)c1cc2nc(C3CCCCC3)sc2cc1NC(=O)c1cccc(C(F)(F)F)n1.[B]C([B])(CC1CC2(C1)CN(C)C2)Nc1cccc2c1C(=O)N(C1CCC(=O)NC1=O)C2=O. The molecule has 0 bridgehead atoms. The summed E-state index contributed by atoms with van der Waals surface area (Å²) in [6, 6.07) is 10.5. The molecule has 332 valence electrons. The molecule has 2 saturated heterocycles. The molecule has 4 aromatic rings. The molecule has 9 rings (SSSR count). The lowest BCUT2D eigenvalue weighted by Gasteiger charge is -2.59. The molecule has 5 amide bonds. The maximum atomic E-state index is 13.2. The molecule has 64 heavy (non-hydrogen) atoms. The minimum atomic E-state index is -4.65. The summed E-state index contributed by atoms with van der Waals surface area (Å²) in [5, 5.41) is 18.4. The van der Waals surface area contributed by atoms with Crippen molar-refractivity contribution in [1.29, 1.82) is 0 Å². The number of carbonyl (C=O) groups excluding carboxylic acids is 5. The Balaban J connectivity index is 0.000000175. The van der Waals surface area contributed by atoms with Crippen LogP contribution in [0.5, 0.6) is 0 Å². The van der Waals surface area contributed by atoms with Crippen molar-refractivity contribution in [1.82, 2.24) is 25.1 Å². The van der Waals surface area contributed by atoms with E-state index in [0.717, 1.165) is 71.0 Å². The van der Waals surface area contributed by atoms with Gasteiger partial charge >= 0.3 is 6.18 Å². The Hall–Kier alpha value is -5.13. The number of carbonyl (C=O) groups is 5. The van der Waals surface area contributed by atoms with Gasteiger partial charge in [0, 0.05) is 42.4 Å². The highest BCUT2D eigenvalue weighted by Gasteiger charge is 2.52. The van der Waals surface area contributed by atoms with Gasteiger partial charge in [-0.3, -0.25) is 34.2 Å². The first kappa shape index (κ1) is 45.4. The Labute approximate surface area is 375 Å². The van der Waals surface area contributed by atoms with E-state index in [0.29, 0.717) is 40.6 Å². The van der Waals surface area contributed by atoms with Crippen molar-refractivity contribution < 1.29 is 42.3 Å². The summed E-state index contributed by atoms with van der Waals surface area (Å²) < 4.78 is 39.8. The summed E-state index contributed by atoms with van der Waals surface area (Å²) in [4.78, 5) is 74.1. The van der Waals surface area contributed by atoms with Crippen LogP contribution in [-0.4, -0.2) is 102 Å². The Morgan fingerprint density at radius 2 is 1.66 bits per heavy atom. The number of nitrogens with zero attached hydrogens (tertiary/aromatic N) is 4. The fourth-order valence-electron chi connectivity index (χ4n) is 10.1. The molecular formula is C45H48B2F3N7O6S. The van der Waals surface area contributed by atoms with E-state index in [2.05, 4.69) is 32.9 Å². The number of imide groups is 2. The van der Waals surface area contributed by atoms with Gasteiger partial charge in [-0.1, -0.05) is 31.4 Å². The third-order valence-electron chi connectivity index (χ3n) is 12.8. The Kier molecular flexibility index (Phi) is 12.1. The predicted molar refractivity (Wildman–Crippen MR) is 236 cm³/mol. The van der Waals surface area contributed by atoms with Crippen LogP contribution in [0.4, 0.5) is 24.5 Å². The molecule has 5 aliphatic rings. The molecule has 1 atom stereocenters. The number of fused-ring (bicyclic) bond motifs is 2. The van der Waals surface area contributed by atoms with E-state index < -0.39 is 58.4 Å². The van der Waals surface area contributed by atoms with Crippen LogP contribution in [0.1, 0.15) is 131 Å². The summed E-state index contributed by atoms with van der Waals surface area (Å²) in [5.41, 5.74) is -0.147. The van der Waals surface area contributed by atoms with Crippen molar-refractivity contribution in [2.45, 2.75) is 107 Å². The van der Waals surface area contributed by atoms with E-state index in [-0.39, 0.29) is 29.7 Å². The van der Waals surface area contributed by atoms with Crippen LogP contribution in [0.25, 0.3) is 10.2 Å². The van der Waals surface area contributed by atoms with Crippen LogP contribution in [-0.2, 0) is 21.4 Å². The summed E-state index contributed by atoms with van der Waals surface area (Å²) in [7, 11) is 14.9. The highest BCUT2D eigenvalue weighted by molar-refractivity contribution is 7.18. The molecule has 13 nitrogen and oxygen atoms in total. The first-order valence-corrected chi connectivity index (χ1v) is 22.3. The van der Waals surface area contributed by atoms with Crippen molar-refractivity contribution in [3.8, 4) is 0 Å². The van der Waals surface area contributed by atoms with Crippen molar-refractivity contribution in [2.75, 3.05) is 30.8 Å². The van der Waals surface area contributed by atoms with E-state index in [1.807, 2.05) is 0 Å². The van der Waals surface area contributed by atoms with Crippen molar-refractivity contribution in [3.63, 3.8) is 0 Å². The second-order valence-corrected chi connectivity index (χ2v) is 19.7. The minimum absolute atomic E-state index is 0.0717. The largest absolute Gasteiger partial charge is 0.433 e. The van der Waals surface area contributed by atoms with Gasteiger partial charge in [-0.2, -0.15) is 13.2 Å². The van der Waals surface area contributed by atoms with E-state index in [1.165, 1.54) is 25.3 Å². The maximum Gasteiger partial charge on any atom is 0.433 e. The number of likely N-dealkylation sites (tertiary alicyclic amines) is 1. The molecule has 19 heteroatoms. The fraction of sp³-hybridized carbons (Fsp3) is 0.489. The standard InChI is InChI=1S/C23H24F3N3O2S.C22H24B2N4O4/c1-22(2,31)14-11-17-18(32-21(29-17)13-7-4-3-5-8-13)12-16(14)28-20(30)15-9-6-10-19(27-15)23(24,25)26;1-27-10-21(11-27)7-12(8-21)9-22(23,24)26-14-4-2-3-13-17(14)20(32)28(19(13)31)15-5-6-16(29)25-18(15)30/h6,9-13,31H,3-5,7-8H2,1-2H3,(H,28,30);2-4,12,15,26H,5-11H2,1H3,(H,25,29,30). The van der Waals surface area contributed by atoms with Crippen LogP contribution in [0.2, 0.25) is 0 Å². The highest BCUT2D eigenvalue weighted by Crippen LogP contribution is 2.53.